The summed E-state index contributed by atoms with van der Waals surface area (Å²) in [6.07, 6.45) is 6.14. The molecular formula is C31H40F2N2O. The Bertz CT molecular complexity index is 1030. The molecule has 36 heavy (non-hydrogen) atoms. The topological polar surface area (TPSA) is 15.7 Å². The van der Waals surface area contributed by atoms with Crippen LogP contribution in [-0.2, 0) is 0 Å². The minimum atomic E-state index is -1.15. The van der Waals surface area contributed by atoms with Crippen LogP contribution in [-0.4, -0.2) is 54.8 Å². The van der Waals surface area contributed by atoms with Crippen molar-refractivity contribution in [3.63, 3.8) is 0 Å². The number of rotatable bonds is 9. The van der Waals surface area contributed by atoms with Crippen molar-refractivity contribution in [3.05, 3.63) is 73.1 Å². The van der Waals surface area contributed by atoms with Crippen LogP contribution in [0, 0.1) is 17.7 Å². The fourth-order valence-corrected chi connectivity index (χ4v) is 5.30. The van der Waals surface area contributed by atoms with Crippen molar-refractivity contribution in [3.8, 4) is 16.9 Å². The first-order valence-electron chi connectivity index (χ1n) is 13.2. The summed E-state index contributed by atoms with van der Waals surface area (Å²) in [5.41, 5.74) is 1.96. The van der Waals surface area contributed by atoms with Crippen molar-refractivity contribution < 1.29 is 13.5 Å². The molecule has 4 rings (SSSR count). The average molecular weight is 495 g/mol. The number of hydrogen-bond acceptors (Lipinski definition) is 3. The van der Waals surface area contributed by atoms with Crippen LogP contribution in [0.2, 0.25) is 0 Å². The minimum absolute atomic E-state index is 0.244. The monoisotopic (exact) mass is 494 g/mol. The number of nitrogens with zero attached hydrogens (tertiary/aromatic N) is 2. The van der Waals surface area contributed by atoms with Gasteiger partial charge in [0.25, 0.3) is 0 Å². The number of hydrogen-bond donors (Lipinski definition) is 0. The maximum absolute atomic E-state index is 15.1. The van der Waals surface area contributed by atoms with Gasteiger partial charge in [-0.2, -0.15) is 0 Å². The maximum atomic E-state index is 15.1. The Morgan fingerprint density at radius 1 is 1.00 bits per heavy atom. The molecule has 0 aromatic heterocycles. The zero-order valence-electron chi connectivity index (χ0n) is 21.8. The van der Waals surface area contributed by atoms with E-state index in [2.05, 4.69) is 23.0 Å². The summed E-state index contributed by atoms with van der Waals surface area (Å²) in [5.74, 6) is 1.60. The van der Waals surface area contributed by atoms with Crippen LogP contribution in [0.5, 0.6) is 5.75 Å². The highest BCUT2D eigenvalue weighted by Gasteiger charge is 2.25. The van der Waals surface area contributed by atoms with E-state index in [1.54, 1.807) is 19.9 Å². The van der Waals surface area contributed by atoms with Gasteiger partial charge < -0.3 is 14.5 Å². The van der Waals surface area contributed by atoms with Crippen molar-refractivity contribution in [1.29, 1.82) is 0 Å². The minimum Gasteiger partial charge on any atom is -0.493 e. The van der Waals surface area contributed by atoms with Gasteiger partial charge in [-0.3, -0.25) is 0 Å². The lowest BCUT2D eigenvalue weighted by atomic mass is 9.95. The van der Waals surface area contributed by atoms with Gasteiger partial charge in [-0.05, 0) is 99.8 Å². The van der Waals surface area contributed by atoms with E-state index in [0.29, 0.717) is 30.6 Å². The fourth-order valence-electron chi connectivity index (χ4n) is 5.30. The van der Waals surface area contributed by atoms with Crippen LogP contribution in [0.25, 0.3) is 16.8 Å². The van der Waals surface area contributed by atoms with E-state index in [4.69, 9.17) is 4.74 Å². The fraction of sp³-hybridized carbons (Fsp3) is 0.484. The van der Waals surface area contributed by atoms with Gasteiger partial charge in [0, 0.05) is 30.9 Å². The van der Waals surface area contributed by atoms with Crippen molar-refractivity contribution in [2.24, 2.45) is 11.8 Å². The van der Waals surface area contributed by atoms with E-state index >= 15 is 4.39 Å². The zero-order valence-corrected chi connectivity index (χ0v) is 21.8. The van der Waals surface area contributed by atoms with Crippen LogP contribution >= 0.6 is 0 Å². The highest BCUT2D eigenvalue weighted by Crippen LogP contribution is 2.30. The lowest BCUT2D eigenvalue weighted by Crippen LogP contribution is -2.41. The number of ether oxygens (including phenoxy) is 1. The van der Waals surface area contributed by atoms with Crippen LogP contribution < -0.4 is 4.74 Å². The normalized spacial score (nSPS) is 18.3. The lowest BCUT2D eigenvalue weighted by molar-refractivity contribution is 0.0836. The Balaban J connectivity index is 1.29. The number of likely N-dealkylation sites (tertiary alicyclic amines) is 2. The van der Waals surface area contributed by atoms with Crippen LogP contribution in [0.1, 0.15) is 45.1 Å². The smallest absolute Gasteiger partial charge is 0.133 e. The molecule has 2 heterocycles. The molecule has 2 aromatic rings. The number of piperidine rings is 2. The second-order valence-electron chi connectivity index (χ2n) is 11.0. The van der Waals surface area contributed by atoms with E-state index < -0.39 is 5.67 Å². The van der Waals surface area contributed by atoms with Gasteiger partial charge in [0.1, 0.15) is 17.2 Å². The van der Waals surface area contributed by atoms with Crippen LogP contribution in [0.4, 0.5) is 8.78 Å². The third-order valence-electron chi connectivity index (χ3n) is 7.51. The summed E-state index contributed by atoms with van der Waals surface area (Å²) in [7, 11) is 0. The van der Waals surface area contributed by atoms with E-state index in [0.717, 1.165) is 74.4 Å². The summed E-state index contributed by atoms with van der Waals surface area (Å²) < 4.78 is 35.0. The Morgan fingerprint density at radius 3 is 2.22 bits per heavy atom. The quantitative estimate of drug-likeness (QED) is 0.343. The summed E-state index contributed by atoms with van der Waals surface area (Å²) in [4.78, 5) is 4.38. The van der Waals surface area contributed by atoms with E-state index in [1.807, 2.05) is 42.5 Å². The summed E-state index contributed by atoms with van der Waals surface area (Å²) in [5, 5.41) is 0. The molecule has 0 amide bonds. The van der Waals surface area contributed by atoms with Crippen molar-refractivity contribution >= 4 is 5.70 Å². The number of allylic oxidation sites excluding steroid dienone is 1. The molecule has 2 fully saturated rings. The molecular weight excluding hydrogens is 454 g/mol. The Hall–Kier alpha value is -2.66. The van der Waals surface area contributed by atoms with Gasteiger partial charge in [-0.25, -0.2) is 8.78 Å². The van der Waals surface area contributed by atoms with E-state index in [-0.39, 0.29) is 5.82 Å². The SMILES string of the molecule is C=CC1CCN(C(=C)c2ccc(-c3ccc(OCC4CCN(CC(C)(C)F)CC4)cc3)cc2F)CC1. The highest BCUT2D eigenvalue weighted by molar-refractivity contribution is 5.69. The van der Waals surface area contributed by atoms with Crippen LogP contribution in [0.15, 0.2) is 61.7 Å². The Morgan fingerprint density at radius 2 is 1.64 bits per heavy atom. The predicted molar refractivity (Wildman–Crippen MR) is 145 cm³/mol. The molecule has 0 N–H and O–H groups in total. The lowest BCUT2D eigenvalue weighted by Gasteiger charge is -2.34. The van der Waals surface area contributed by atoms with Crippen LogP contribution in [0.3, 0.4) is 0 Å². The molecule has 2 aliphatic heterocycles. The first-order valence-corrected chi connectivity index (χ1v) is 13.2. The average Bonchev–Trinajstić information content (AvgIpc) is 2.87. The largest absolute Gasteiger partial charge is 0.493 e. The Labute approximate surface area is 215 Å². The van der Waals surface area contributed by atoms with E-state index in [1.165, 1.54) is 0 Å². The molecule has 194 valence electrons. The summed E-state index contributed by atoms with van der Waals surface area (Å²) >= 11 is 0. The van der Waals surface area contributed by atoms with Gasteiger partial charge in [-0.1, -0.05) is 30.9 Å². The standard InChI is InChI=1S/C31H40F2N2O/c1-5-24-14-18-35(19-15-24)23(2)29-11-8-27(20-30(29)32)26-6-9-28(10-7-26)36-21-25-12-16-34(17-13-25)22-31(3,4)33/h5-11,20,24-25H,1-2,12-19,21-22H2,3-4H3. The van der Waals surface area contributed by atoms with Gasteiger partial charge in [-0.15, -0.1) is 6.58 Å². The van der Waals surface area contributed by atoms with Crippen molar-refractivity contribution in [2.75, 3.05) is 39.3 Å². The zero-order chi connectivity index (χ0) is 25.7. The first kappa shape index (κ1) is 26.4. The summed E-state index contributed by atoms with van der Waals surface area (Å²) in [6.45, 7) is 16.1. The third-order valence-corrected chi connectivity index (χ3v) is 7.51. The third kappa shape index (κ3) is 6.97. The predicted octanol–water partition coefficient (Wildman–Crippen LogP) is 7.20. The maximum Gasteiger partial charge on any atom is 0.133 e. The number of alkyl halides is 1. The molecule has 0 bridgehead atoms. The molecule has 2 aliphatic rings. The number of benzene rings is 2. The van der Waals surface area contributed by atoms with Gasteiger partial charge >= 0.3 is 0 Å². The molecule has 5 heteroatoms. The first-order chi connectivity index (χ1) is 17.2. The molecule has 0 atom stereocenters. The second kappa shape index (κ2) is 11.6. The number of halogens is 2. The molecule has 0 radical (unpaired) electrons. The molecule has 0 saturated carbocycles. The summed E-state index contributed by atoms with van der Waals surface area (Å²) in [6, 6.07) is 13.2. The van der Waals surface area contributed by atoms with Crippen molar-refractivity contribution in [2.45, 2.75) is 45.2 Å². The van der Waals surface area contributed by atoms with Crippen molar-refractivity contribution in [1.82, 2.24) is 9.80 Å². The second-order valence-corrected chi connectivity index (χ2v) is 11.0. The Kier molecular flexibility index (Phi) is 8.50. The van der Waals surface area contributed by atoms with Gasteiger partial charge in [0.2, 0.25) is 0 Å². The molecule has 2 aromatic carbocycles. The highest BCUT2D eigenvalue weighted by atomic mass is 19.1. The molecule has 0 spiro atoms. The molecule has 0 unspecified atom stereocenters. The molecule has 0 aliphatic carbocycles. The molecule has 2 saturated heterocycles. The molecule has 3 nitrogen and oxygen atoms in total. The van der Waals surface area contributed by atoms with Gasteiger partial charge in [0.05, 0.1) is 6.61 Å². The van der Waals surface area contributed by atoms with Gasteiger partial charge in [0.15, 0.2) is 0 Å². The van der Waals surface area contributed by atoms with E-state index in [9.17, 15) is 4.39 Å².